The summed E-state index contributed by atoms with van der Waals surface area (Å²) in [4.78, 5) is 14.4. The second kappa shape index (κ2) is 3.63. The second-order valence-electron chi connectivity index (χ2n) is 4.25. The predicted octanol–water partition coefficient (Wildman–Crippen LogP) is 2.88. The highest BCUT2D eigenvalue weighted by atomic mass is 16.1. The van der Waals surface area contributed by atoms with Crippen molar-refractivity contribution in [1.29, 1.82) is 0 Å². The standard InChI is InChI=1S/C13H15NO/c1-3-11-5-4-10(2)8-12(11)13(6-7-13)14-9-15/h4-5,8H,3,6-7H2,1-2H3. The van der Waals surface area contributed by atoms with E-state index in [9.17, 15) is 4.79 Å². The zero-order valence-corrected chi connectivity index (χ0v) is 9.21. The summed E-state index contributed by atoms with van der Waals surface area (Å²) in [6.45, 7) is 4.21. The minimum atomic E-state index is -0.223. The van der Waals surface area contributed by atoms with Crippen LogP contribution in [0.4, 0.5) is 0 Å². The van der Waals surface area contributed by atoms with Crippen molar-refractivity contribution in [3.8, 4) is 0 Å². The van der Waals surface area contributed by atoms with Crippen LogP contribution in [0.25, 0.3) is 0 Å². The summed E-state index contributed by atoms with van der Waals surface area (Å²) in [6, 6.07) is 6.42. The van der Waals surface area contributed by atoms with Gasteiger partial charge in [-0.05, 0) is 37.3 Å². The van der Waals surface area contributed by atoms with Gasteiger partial charge in [-0.2, -0.15) is 4.99 Å². The summed E-state index contributed by atoms with van der Waals surface area (Å²) in [5.41, 5.74) is 3.54. The second-order valence-corrected chi connectivity index (χ2v) is 4.25. The van der Waals surface area contributed by atoms with Gasteiger partial charge in [-0.15, -0.1) is 0 Å². The van der Waals surface area contributed by atoms with Crippen molar-refractivity contribution in [2.75, 3.05) is 0 Å². The van der Waals surface area contributed by atoms with E-state index in [1.165, 1.54) is 16.7 Å². The van der Waals surface area contributed by atoms with Gasteiger partial charge in [-0.1, -0.05) is 30.7 Å². The maximum absolute atomic E-state index is 10.4. The number of nitrogens with zero attached hydrogens (tertiary/aromatic N) is 1. The Labute approximate surface area is 90.0 Å². The lowest BCUT2D eigenvalue weighted by Crippen LogP contribution is -2.06. The third-order valence-corrected chi connectivity index (χ3v) is 3.13. The van der Waals surface area contributed by atoms with E-state index in [-0.39, 0.29) is 5.54 Å². The first-order valence-corrected chi connectivity index (χ1v) is 5.41. The van der Waals surface area contributed by atoms with Crippen LogP contribution < -0.4 is 0 Å². The largest absolute Gasteiger partial charge is 0.235 e. The number of aliphatic imine (C=N–C) groups is 1. The molecule has 1 saturated carbocycles. The number of isocyanates is 1. The molecule has 0 radical (unpaired) electrons. The molecule has 78 valence electrons. The van der Waals surface area contributed by atoms with Crippen LogP contribution in [0.5, 0.6) is 0 Å². The van der Waals surface area contributed by atoms with Gasteiger partial charge in [0.1, 0.15) is 0 Å². The van der Waals surface area contributed by atoms with Crippen LogP contribution in [0.3, 0.4) is 0 Å². The van der Waals surface area contributed by atoms with Crippen LogP contribution in [-0.2, 0) is 16.8 Å². The van der Waals surface area contributed by atoms with E-state index in [1.54, 1.807) is 6.08 Å². The Morgan fingerprint density at radius 1 is 1.47 bits per heavy atom. The summed E-state index contributed by atoms with van der Waals surface area (Å²) in [7, 11) is 0. The molecule has 0 bridgehead atoms. The maximum Gasteiger partial charge on any atom is 0.235 e. The fraction of sp³-hybridized carbons (Fsp3) is 0.462. The van der Waals surface area contributed by atoms with E-state index < -0.39 is 0 Å². The van der Waals surface area contributed by atoms with Crippen LogP contribution >= 0.6 is 0 Å². The van der Waals surface area contributed by atoms with E-state index in [0.29, 0.717) is 0 Å². The lowest BCUT2D eigenvalue weighted by Gasteiger charge is -2.14. The molecule has 1 aliphatic rings. The zero-order valence-electron chi connectivity index (χ0n) is 9.21. The van der Waals surface area contributed by atoms with Crippen LogP contribution in [0.1, 0.15) is 36.5 Å². The molecule has 1 aromatic carbocycles. The van der Waals surface area contributed by atoms with Crippen molar-refractivity contribution < 1.29 is 4.79 Å². The van der Waals surface area contributed by atoms with Crippen LogP contribution in [0.15, 0.2) is 23.2 Å². The van der Waals surface area contributed by atoms with E-state index in [0.717, 1.165) is 19.3 Å². The lowest BCUT2D eigenvalue weighted by atomic mass is 9.95. The summed E-state index contributed by atoms with van der Waals surface area (Å²) in [6.07, 6.45) is 4.68. The number of hydrogen-bond donors (Lipinski definition) is 0. The van der Waals surface area contributed by atoms with E-state index in [2.05, 4.69) is 37.0 Å². The van der Waals surface area contributed by atoms with Crippen molar-refractivity contribution in [2.24, 2.45) is 4.99 Å². The van der Waals surface area contributed by atoms with Gasteiger partial charge < -0.3 is 0 Å². The Balaban J connectivity index is 2.50. The quantitative estimate of drug-likeness (QED) is 0.546. The summed E-state index contributed by atoms with van der Waals surface area (Å²) < 4.78 is 0. The maximum atomic E-state index is 10.4. The van der Waals surface area contributed by atoms with Crippen LogP contribution in [-0.4, -0.2) is 6.08 Å². The van der Waals surface area contributed by atoms with Crippen LogP contribution in [0, 0.1) is 6.92 Å². The molecule has 0 unspecified atom stereocenters. The van der Waals surface area contributed by atoms with Crippen molar-refractivity contribution in [2.45, 2.75) is 38.6 Å². The van der Waals surface area contributed by atoms with Gasteiger partial charge in [-0.3, -0.25) is 0 Å². The topological polar surface area (TPSA) is 29.4 Å². The SMILES string of the molecule is CCc1ccc(C)cc1C1(N=C=O)CC1. The monoisotopic (exact) mass is 201 g/mol. The van der Waals surface area contributed by atoms with Crippen molar-refractivity contribution in [1.82, 2.24) is 0 Å². The van der Waals surface area contributed by atoms with Crippen molar-refractivity contribution in [3.63, 3.8) is 0 Å². The molecule has 0 amide bonds. The molecule has 15 heavy (non-hydrogen) atoms. The van der Waals surface area contributed by atoms with Gasteiger partial charge in [0.05, 0.1) is 5.54 Å². The van der Waals surface area contributed by atoms with E-state index in [4.69, 9.17) is 0 Å². The summed E-state index contributed by atoms with van der Waals surface area (Å²) in [5.74, 6) is 0. The molecule has 2 heteroatoms. The zero-order chi connectivity index (χ0) is 10.9. The Bertz CT molecular complexity index is 426. The number of rotatable bonds is 3. The normalized spacial score (nSPS) is 16.9. The third-order valence-electron chi connectivity index (χ3n) is 3.13. The van der Waals surface area contributed by atoms with Crippen molar-refractivity contribution in [3.05, 3.63) is 34.9 Å². The van der Waals surface area contributed by atoms with Gasteiger partial charge in [0, 0.05) is 0 Å². The third kappa shape index (κ3) is 1.73. The smallest absolute Gasteiger partial charge is 0.211 e. The first-order chi connectivity index (χ1) is 7.22. The fourth-order valence-corrected chi connectivity index (χ4v) is 2.08. The highest BCUT2D eigenvalue weighted by Gasteiger charge is 2.45. The van der Waals surface area contributed by atoms with Gasteiger partial charge in [-0.25, -0.2) is 4.79 Å². The molecule has 0 saturated heterocycles. The Hall–Kier alpha value is -1.40. The molecular formula is C13H15NO. The lowest BCUT2D eigenvalue weighted by molar-refractivity contribution is 0.556. The number of benzene rings is 1. The summed E-state index contributed by atoms with van der Waals surface area (Å²) >= 11 is 0. The average molecular weight is 201 g/mol. The Morgan fingerprint density at radius 2 is 2.20 bits per heavy atom. The molecule has 1 aliphatic carbocycles. The molecule has 0 aliphatic heterocycles. The van der Waals surface area contributed by atoms with Gasteiger partial charge in [0.15, 0.2) is 0 Å². The van der Waals surface area contributed by atoms with E-state index in [1.807, 2.05) is 0 Å². The molecule has 2 rings (SSSR count). The van der Waals surface area contributed by atoms with Gasteiger partial charge in [0.25, 0.3) is 0 Å². The molecule has 0 heterocycles. The first-order valence-electron chi connectivity index (χ1n) is 5.41. The average Bonchev–Trinajstić information content (AvgIpc) is 2.99. The van der Waals surface area contributed by atoms with Gasteiger partial charge in [0.2, 0.25) is 6.08 Å². The molecule has 0 atom stereocenters. The molecule has 0 N–H and O–H groups in total. The Morgan fingerprint density at radius 3 is 2.73 bits per heavy atom. The molecule has 2 nitrogen and oxygen atoms in total. The molecular weight excluding hydrogens is 186 g/mol. The number of hydrogen-bond acceptors (Lipinski definition) is 2. The van der Waals surface area contributed by atoms with Crippen LogP contribution in [0.2, 0.25) is 0 Å². The van der Waals surface area contributed by atoms with Crippen molar-refractivity contribution >= 4 is 6.08 Å². The highest BCUT2D eigenvalue weighted by molar-refractivity contribution is 5.45. The molecule has 0 spiro atoms. The molecule has 1 aromatic rings. The number of carbonyl (C=O) groups excluding carboxylic acids is 1. The molecule has 1 fully saturated rings. The van der Waals surface area contributed by atoms with E-state index >= 15 is 0 Å². The highest BCUT2D eigenvalue weighted by Crippen LogP contribution is 2.50. The Kier molecular flexibility index (Phi) is 2.45. The minimum Gasteiger partial charge on any atom is -0.211 e. The summed E-state index contributed by atoms with van der Waals surface area (Å²) in [5, 5.41) is 0. The first kappa shape index (κ1) is 10.1. The predicted molar refractivity (Wildman–Crippen MR) is 59.6 cm³/mol. The van der Waals surface area contributed by atoms with Gasteiger partial charge >= 0.3 is 0 Å². The molecule has 0 aromatic heterocycles. The fourth-order valence-electron chi connectivity index (χ4n) is 2.08. The number of aryl methyl sites for hydroxylation is 2. The minimum absolute atomic E-state index is 0.223.